The molecule has 3 aromatic rings. The maximum absolute atomic E-state index is 14.1. The lowest BCUT2D eigenvalue weighted by molar-refractivity contribution is -0.140. The number of hydrogen-bond acceptors (Lipinski definition) is 5. The van der Waals surface area contributed by atoms with Crippen LogP contribution in [0.25, 0.3) is 0 Å². The predicted octanol–water partition coefficient (Wildman–Crippen LogP) is 5.06. The van der Waals surface area contributed by atoms with Crippen LogP contribution in [-0.2, 0) is 26.2 Å². The van der Waals surface area contributed by atoms with Crippen molar-refractivity contribution in [1.29, 1.82) is 0 Å². The average Bonchev–Trinajstić information content (AvgIpc) is 2.96. The van der Waals surface area contributed by atoms with Crippen molar-refractivity contribution >= 4 is 27.5 Å². The number of benzene rings is 3. The molecule has 0 aliphatic carbocycles. The second-order valence-corrected chi connectivity index (χ2v) is 11.6. The number of nitrogens with one attached hydrogen (secondary N) is 1. The quantitative estimate of drug-likeness (QED) is 0.268. The lowest BCUT2D eigenvalue weighted by atomic mass is 10.1. The van der Waals surface area contributed by atoms with Gasteiger partial charge in [0.2, 0.25) is 11.8 Å². The third kappa shape index (κ3) is 8.29. The molecule has 0 aliphatic heterocycles. The number of anilines is 1. The van der Waals surface area contributed by atoms with Crippen molar-refractivity contribution in [3.8, 4) is 5.75 Å². The van der Waals surface area contributed by atoms with E-state index in [-0.39, 0.29) is 23.0 Å². The first-order valence-corrected chi connectivity index (χ1v) is 15.1. The molecule has 0 bridgehead atoms. The monoisotopic (exact) mass is 583 g/mol. The van der Waals surface area contributed by atoms with E-state index < -0.39 is 34.3 Å². The molecular weight excluding hydrogens is 545 g/mol. The zero-order valence-corrected chi connectivity index (χ0v) is 24.8. The fourth-order valence-corrected chi connectivity index (χ4v) is 5.78. The van der Waals surface area contributed by atoms with Crippen LogP contribution >= 0.6 is 0 Å². The Morgan fingerprint density at radius 3 is 2.29 bits per heavy atom. The summed E-state index contributed by atoms with van der Waals surface area (Å²) in [5, 5.41) is 2.90. The summed E-state index contributed by atoms with van der Waals surface area (Å²) < 4.78 is 47.8. The van der Waals surface area contributed by atoms with Crippen LogP contribution in [0.3, 0.4) is 0 Å². The van der Waals surface area contributed by atoms with Gasteiger partial charge >= 0.3 is 0 Å². The molecule has 0 aliphatic rings. The Balaban J connectivity index is 2.04. The van der Waals surface area contributed by atoms with Crippen LogP contribution in [0, 0.1) is 12.7 Å². The molecule has 0 unspecified atom stereocenters. The highest BCUT2D eigenvalue weighted by Crippen LogP contribution is 2.26. The van der Waals surface area contributed by atoms with Gasteiger partial charge in [0.15, 0.2) is 0 Å². The Bertz CT molecular complexity index is 1410. The number of nitrogens with zero attached hydrogens (tertiary/aromatic N) is 2. The molecule has 0 spiro atoms. The van der Waals surface area contributed by atoms with Crippen molar-refractivity contribution in [2.24, 2.45) is 0 Å². The van der Waals surface area contributed by atoms with E-state index in [4.69, 9.17) is 4.74 Å². The fourth-order valence-electron chi connectivity index (χ4n) is 4.37. The number of carbonyl (C=O) groups excluding carboxylic acids is 2. The minimum absolute atomic E-state index is 0.0103. The summed E-state index contributed by atoms with van der Waals surface area (Å²) in [7, 11) is -2.69. The van der Waals surface area contributed by atoms with E-state index in [2.05, 4.69) is 5.32 Å². The summed E-state index contributed by atoms with van der Waals surface area (Å²) in [6.07, 6.45) is 2.00. The van der Waals surface area contributed by atoms with E-state index >= 15 is 0 Å². The maximum atomic E-state index is 14.1. The second-order valence-electron chi connectivity index (χ2n) is 9.74. The molecule has 220 valence electrons. The third-order valence-electron chi connectivity index (χ3n) is 6.71. The van der Waals surface area contributed by atoms with Gasteiger partial charge in [-0.25, -0.2) is 12.8 Å². The molecule has 0 saturated heterocycles. The van der Waals surface area contributed by atoms with Gasteiger partial charge in [-0.2, -0.15) is 0 Å². The van der Waals surface area contributed by atoms with Gasteiger partial charge in [0.25, 0.3) is 10.0 Å². The summed E-state index contributed by atoms with van der Waals surface area (Å²) >= 11 is 0. The van der Waals surface area contributed by atoms with Crippen molar-refractivity contribution in [2.75, 3.05) is 24.5 Å². The van der Waals surface area contributed by atoms with Crippen molar-refractivity contribution in [3.05, 3.63) is 89.7 Å². The Labute approximate surface area is 242 Å². The smallest absolute Gasteiger partial charge is 0.264 e. The van der Waals surface area contributed by atoms with Crippen LogP contribution in [-0.4, -0.2) is 51.4 Å². The Morgan fingerprint density at radius 2 is 1.68 bits per heavy atom. The zero-order valence-electron chi connectivity index (χ0n) is 24.0. The maximum Gasteiger partial charge on any atom is 0.264 e. The highest BCUT2D eigenvalue weighted by atomic mass is 32.2. The molecule has 41 heavy (non-hydrogen) atoms. The number of ether oxygens (including phenoxy) is 1. The number of rotatable bonds is 14. The summed E-state index contributed by atoms with van der Waals surface area (Å²) in [6.45, 7) is 5.58. The van der Waals surface area contributed by atoms with Crippen LogP contribution in [0.5, 0.6) is 5.75 Å². The van der Waals surface area contributed by atoms with Crippen LogP contribution in [0.4, 0.5) is 10.1 Å². The molecule has 2 amide bonds. The van der Waals surface area contributed by atoms with Crippen LogP contribution < -0.4 is 14.4 Å². The van der Waals surface area contributed by atoms with Crippen LogP contribution in [0.1, 0.15) is 44.2 Å². The Kier molecular flexibility index (Phi) is 11.3. The molecule has 3 aromatic carbocycles. The lowest BCUT2D eigenvalue weighted by Gasteiger charge is -2.33. The molecule has 8 nitrogen and oxygen atoms in total. The summed E-state index contributed by atoms with van der Waals surface area (Å²) in [6, 6.07) is 17.5. The highest BCUT2D eigenvalue weighted by Gasteiger charge is 2.33. The fraction of sp³-hybridized carbons (Fsp3) is 0.355. The summed E-state index contributed by atoms with van der Waals surface area (Å²) in [4.78, 5) is 28.7. The van der Waals surface area contributed by atoms with Gasteiger partial charge in [0.1, 0.15) is 24.2 Å². The summed E-state index contributed by atoms with van der Waals surface area (Å²) in [5.74, 6) is -0.843. The molecule has 0 saturated carbocycles. The van der Waals surface area contributed by atoms with E-state index in [0.29, 0.717) is 24.3 Å². The van der Waals surface area contributed by atoms with Gasteiger partial charge in [0, 0.05) is 13.1 Å². The molecule has 0 radical (unpaired) electrons. The van der Waals surface area contributed by atoms with Crippen molar-refractivity contribution in [3.63, 3.8) is 0 Å². The van der Waals surface area contributed by atoms with Gasteiger partial charge in [-0.3, -0.25) is 13.9 Å². The van der Waals surface area contributed by atoms with E-state index in [1.54, 1.807) is 37.3 Å². The van der Waals surface area contributed by atoms with Crippen LogP contribution in [0.2, 0.25) is 0 Å². The molecular formula is C31H38FN3O5S. The van der Waals surface area contributed by atoms with Gasteiger partial charge in [0.05, 0.1) is 17.7 Å². The summed E-state index contributed by atoms with van der Waals surface area (Å²) in [5.41, 5.74) is 1.71. The van der Waals surface area contributed by atoms with E-state index in [9.17, 15) is 22.4 Å². The Hall–Kier alpha value is -3.92. The number of unbranched alkanes of at least 4 members (excludes halogenated alkanes) is 1. The normalized spacial score (nSPS) is 11.9. The first kappa shape index (κ1) is 31.6. The molecule has 10 heteroatoms. The highest BCUT2D eigenvalue weighted by molar-refractivity contribution is 7.92. The topological polar surface area (TPSA) is 96.0 Å². The largest absolute Gasteiger partial charge is 0.497 e. The predicted molar refractivity (Wildman–Crippen MR) is 158 cm³/mol. The number of methoxy groups -OCH3 is 1. The van der Waals surface area contributed by atoms with E-state index in [1.165, 1.54) is 36.3 Å². The van der Waals surface area contributed by atoms with E-state index in [0.717, 1.165) is 34.8 Å². The minimum Gasteiger partial charge on any atom is -0.497 e. The van der Waals surface area contributed by atoms with Crippen LogP contribution in [0.15, 0.2) is 77.7 Å². The standard InChI is InChI=1S/C31H38FN3O5S/c1-5-7-19-33-31(37)29(6-2)34(21-24-9-8-10-27(20-24)40-4)30(36)22-35(26-15-13-25(32)14-16-26)41(38,39)28-17-11-23(3)12-18-28/h8-18,20,29H,5-7,19,21-22H2,1-4H3,(H,33,37)/t29-/m1/s1. The SMILES string of the molecule is CCCCNC(=O)[C@@H](CC)N(Cc1cccc(OC)c1)C(=O)CN(c1ccc(F)cc1)S(=O)(=O)c1ccc(C)cc1. The first-order chi connectivity index (χ1) is 19.6. The van der Waals surface area contributed by atoms with Gasteiger partial charge < -0.3 is 15.0 Å². The molecule has 0 heterocycles. The number of sulfonamides is 1. The van der Waals surface area contributed by atoms with Gasteiger partial charge in [-0.15, -0.1) is 0 Å². The minimum atomic E-state index is -4.22. The second kappa shape index (κ2) is 14.6. The molecule has 0 fully saturated rings. The molecule has 1 N–H and O–H groups in total. The number of halogens is 1. The lowest BCUT2D eigenvalue weighted by Crippen LogP contribution is -2.52. The number of hydrogen-bond donors (Lipinski definition) is 1. The van der Waals surface area contributed by atoms with Gasteiger partial charge in [-0.1, -0.05) is 50.1 Å². The first-order valence-electron chi connectivity index (χ1n) is 13.7. The molecule has 0 aromatic heterocycles. The average molecular weight is 584 g/mol. The number of carbonyl (C=O) groups is 2. The Morgan fingerprint density at radius 1 is 1.00 bits per heavy atom. The van der Waals surface area contributed by atoms with Crippen molar-refractivity contribution < 1.29 is 27.1 Å². The van der Waals surface area contributed by atoms with Crippen molar-refractivity contribution in [2.45, 2.75) is 57.5 Å². The molecule has 3 rings (SSSR count). The third-order valence-corrected chi connectivity index (χ3v) is 8.49. The van der Waals surface area contributed by atoms with E-state index in [1.807, 2.05) is 19.9 Å². The molecule has 1 atom stereocenters. The number of aryl methyl sites for hydroxylation is 1. The van der Waals surface area contributed by atoms with Crippen molar-refractivity contribution in [1.82, 2.24) is 10.2 Å². The zero-order chi connectivity index (χ0) is 30.0. The van der Waals surface area contributed by atoms with Gasteiger partial charge in [-0.05, 0) is 73.9 Å². The number of amides is 2.